The second-order valence-corrected chi connectivity index (χ2v) is 8.39. The van der Waals surface area contributed by atoms with Crippen LogP contribution in [0.15, 0.2) is 30.3 Å². The summed E-state index contributed by atoms with van der Waals surface area (Å²) in [4.78, 5) is 0. The van der Waals surface area contributed by atoms with Crippen LogP contribution >= 0.6 is 0 Å². The second kappa shape index (κ2) is 7.69. The molecule has 144 valence electrons. The number of benzene rings is 2. The lowest BCUT2D eigenvalue weighted by Gasteiger charge is -2.36. The van der Waals surface area contributed by atoms with E-state index in [1.807, 2.05) is 0 Å². The van der Waals surface area contributed by atoms with Crippen LogP contribution in [0, 0.1) is 35.2 Å². The zero-order chi connectivity index (χ0) is 19.0. The van der Waals surface area contributed by atoms with Gasteiger partial charge in [0.1, 0.15) is 5.82 Å². The van der Waals surface area contributed by atoms with Gasteiger partial charge in [0.25, 0.3) is 0 Å². The molecule has 1 saturated carbocycles. The van der Waals surface area contributed by atoms with Crippen molar-refractivity contribution in [3.05, 3.63) is 58.9 Å². The van der Waals surface area contributed by atoms with E-state index in [0.29, 0.717) is 5.92 Å². The maximum atomic E-state index is 14.8. The van der Waals surface area contributed by atoms with Gasteiger partial charge in [-0.3, -0.25) is 0 Å². The first-order valence-corrected chi connectivity index (χ1v) is 10.3. The molecule has 0 saturated heterocycles. The Kier molecular flexibility index (Phi) is 5.29. The number of fused-ring (bicyclic) bond motifs is 1. The number of rotatable bonds is 3. The third-order valence-electron chi connectivity index (χ3n) is 6.93. The fourth-order valence-electron chi connectivity index (χ4n) is 5.20. The number of aryl methyl sites for hydroxylation is 1. The highest BCUT2D eigenvalue weighted by Gasteiger charge is 2.30. The van der Waals surface area contributed by atoms with Crippen molar-refractivity contribution < 1.29 is 13.2 Å². The molecule has 2 aromatic rings. The van der Waals surface area contributed by atoms with Crippen LogP contribution in [0.2, 0.25) is 0 Å². The lowest BCUT2D eigenvalue weighted by Crippen LogP contribution is -2.26. The standard InChI is InChI=1S/C24H27F3/c1-2-15-6-8-16(9-7-15)17-10-11-18-13-21(23(26)14-19(18)12-17)20-4-3-5-22(25)24(20)27/h3-5,13-17H,2,6-12H2,1H3. The van der Waals surface area contributed by atoms with Crippen LogP contribution in [-0.4, -0.2) is 0 Å². The summed E-state index contributed by atoms with van der Waals surface area (Å²) in [5.74, 6) is -0.0900. The molecule has 0 aromatic heterocycles. The molecule has 0 N–H and O–H groups in total. The number of hydrogen-bond acceptors (Lipinski definition) is 0. The molecule has 1 unspecified atom stereocenters. The van der Waals surface area contributed by atoms with Crippen molar-refractivity contribution in [3.8, 4) is 11.1 Å². The molecule has 3 heteroatoms. The van der Waals surface area contributed by atoms with Gasteiger partial charge in [-0.05, 0) is 79.2 Å². The van der Waals surface area contributed by atoms with Crippen molar-refractivity contribution in [1.82, 2.24) is 0 Å². The van der Waals surface area contributed by atoms with E-state index in [1.165, 1.54) is 44.2 Å². The Morgan fingerprint density at radius 2 is 1.59 bits per heavy atom. The molecular weight excluding hydrogens is 345 g/mol. The smallest absolute Gasteiger partial charge is 0.166 e. The molecule has 0 bridgehead atoms. The molecule has 2 aliphatic carbocycles. The molecule has 0 radical (unpaired) electrons. The van der Waals surface area contributed by atoms with Gasteiger partial charge < -0.3 is 0 Å². The van der Waals surface area contributed by atoms with Gasteiger partial charge in [-0.2, -0.15) is 0 Å². The quantitative estimate of drug-likeness (QED) is 0.539. The predicted molar refractivity (Wildman–Crippen MR) is 103 cm³/mol. The summed E-state index contributed by atoms with van der Waals surface area (Å²) < 4.78 is 42.4. The van der Waals surface area contributed by atoms with Crippen LogP contribution in [0.1, 0.15) is 56.6 Å². The molecule has 0 aliphatic heterocycles. The average molecular weight is 372 g/mol. The first kappa shape index (κ1) is 18.6. The number of hydrogen-bond donors (Lipinski definition) is 0. The molecule has 0 nitrogen and oxygen atoms in total. The zero-order valence-electron chi connectivity index (χ0n) is 15.9. The minimum absolute atomic E-state index is 0.00955. The summed E-state index contributed by atoms with van der Waals surface area (Å²) in [5, 5.41) is 0. The van der Waals surface area contributed by atoms with Gasteiger partial charge in [0.05, 0.1) is 0 Å². The average Bonchev–Trinajstić information content (AvgIpc) is 2.69. The van der Waals surface area contributed by atoms with Crippen molar-refractivity contribution >= 4 is 0 Å². The predicted octanol–water partition coefficient (Wildman–Crippen LogP) is 7.09. The van der Waals surface area contributed by atoms with Crippen LogP contribution in [-0.2, 0) is 12.8 Å². The van der Waals surface area contributed by atoms with Gasteiger partial charge >= 0.3 is 0 Å². The molecule has 0 amide bonds. The minimum atomic E-state index is -0.974. The van der Waals surface area contributed by atoms with E-state index in [2.05, 4.69) is 6.92 Å². The Labute approximate surface area is 159 Å². The van der Waals surface area contributed by atoms with Crippen LogP contribution in [0.25, 0.3) is 11.1 Å². The summed E-state index contributed by atoms with van der Waals surface area (Å²) in [6.45, 7) is 2.28. The van der Waals surface area contributed by atoms with Crippen LogP contribution in [0.5, 0.6) is 0 Å². The molecule has 27 heavy (non-hydrogen) atoms. The maximum absolute atomic E-state index is 14.8. The molecule has 1 atom stereocenters. The lowest BCUT2D eigenvalue weighted by atomic mass is 9.69. The van der Waals surface area contributed by atoms with Crippen molar-refractivity contribution in [3.63, 3.8) is 0 Å². The monoisotopic (exact) mass is 372 g/mol. The van der Waals surface area contributed by atoms with Gasteiger partial charge in [-0.1, -0.05) is 38.3 Å². The van der Waals surface area contributed by atoms with Crippen LogP contribution in [0.3, 0.4) is 0 Å². The summed E-state index contributed by atoms with van der Waals surface area (Å²) in [5.41, 5.74) is 2.33. The highest BCUT2D eigenvalue weighted by molar-refractivity contribution is 5.66. The highest BCUT2D eigenvalue weighted by Crippen LogP contribution is 2.41. The first-order chi connectivity index (χ1) is 13.1. The van der Waals surface area contributed by atoms with Gasteiger partial charge in [-0.25, -0.2) is 13.2 Å². The van der Waals surface area contributed by atoms with E-state index < -0.39 is 17.5 Å². The third kappa shape index (κ3) is 3.66. The Hall–Kier alpha value is -1.77. The van der Waals surface area contributed by atoms with Crippen molar-refractivity contribution in [2.24, 2.45) is 17.8 Å². The summed E-state index contributed by atoms with van der Waals surface area (Å²) in [6.07, 6.45) is 9.47. The summed E-state index contributed by atoms with van der Waals surface area (Å²) in [7, 11) is 0. The highest BCUT2D eigenvalue weighted by atomic mass is 19.2. The van der Waals surface area contributed by atoms with Gasteiger partial charge in [-0.15, -0.1) is 0 Å². The van der Waals surface area contributed by atoms with Crippen LogP contribution in [0.4, 0.5) is 13.2 Å². The van der Waals surface area contributed by atoms with Crippen LogP contribution < -0.4 is 0 Å². The maximum Gasteiger partial charge on any atom is 0.166 e. The largest absolute Gasteiger partial charge is 0.206 e. The van der Waals surface area contributed by atoms with E-state index in [1.54, 1.807) is 12.1 Å². The molecular formula is C24H27F3. The van der Waals surface area contributed by atoms with Crippen molar-refractivity contribution in [2.75, 3.05) is 0 Å². The SMILES string of the molecule is CCC1CCC(C2CCc3cc(-c4cccc(F)c4F)c(F)cc3C2)CC1. The van der Waals surface area contributed by atoms with Gasteiger partial charge in [0.2, 0.25) is 0 Å². The van der Waals surface area contributed by atoms with E-state index >= 15 is 0 Å². The van der Waals surface area contributed by atoms with E-state index in [-0.39, 0.29) is 11.1 Å². The summed E-state index contributed by atoms with van der Waals surface area (Å²) in [6, 6.07) is 7.24. The Morgan fingerprint density at radius 3 is 2.33 bits per heavy atom. The fraction of sp³-hybridized carbons (Fsp3) is 0.500. The Balaban J connectivity index is 1.56. The summed E-state index contributed by atoms with van der Waals surface area (Å²) >= 11 is 0. The van der Waals surface area contributed by atoms with E-state index in [0.717, 1.165) is 48.3 Å². The van der Waals surface area contributed by atoms with Gasteiger partial charge in [0.15, 0.2) is 11.6 Å². The second-order valence-electron chi connectivity index (χ2n) is 8.39. The molecule has 0 heterocycles. The van der Waals surface area contributed by atoms with E-state index in [9.17, 15) is 13.2 Å². The van der Waals surface area contributed by atoms with Crippen molar-refractivity contribution in [2.45, 2.75) is 58.3 Å². The Bertz CT molecular complexity index is 819. The molecule has 2 aliphatic rings. The number of halogens is 3. The Morgan fingerprint density at radius 1 is 0.815 bits per heavy atom. The van der Waals surface area contributed by atoms with Crippen molar-refractivity contribution in [1.29, 1.82) is 0 Å². The molecule has 0 spiro atoms. The third-order valence-corrected chi connectivity index (χ3v) is 6.93. The lowest BCUT2D eigenvalue weighted by molar-refractivity contribution is 0.187. The first-order valence-electron chi connectivity index (χ1n) is 10.3. The van der Waals surface area contributed by atoms with E-state index in [4.69, 9.17) is 0 Å². The topological polar surface area (TPSA) is 0 Å². The molecule has 1 fully saturated rings. The minimum Gasteiger partial charge on any atom is -0.206 e. The fourth-order valence-corrected chi connectivity index (χ4v) is 5.20. The zero-order valence-corrected chi connectivity index (χ0v) is 15.9. The van der Waals surface area contributed by atoms with Gasteiger partial charge in [0, 0.05) is 11.1 Å². The normalized spacial score (nSPS) is 25.3. The molecule has 2 aromatic carbocycles. The molecule has 4 rings (SSSR count).